The van der Waals surface area contributed by atoms with E-state index in [2.05, 4.69) is 25.2 Å². The first kappa shape index (κ1) is 15.1. The Morgan fingerprint density at radius 1 is 1.32 bits per heavy atom. The van der Waals surface area contributed by atoms with Crippen molar-refractivity contribution < 1.29 is 4.74 Å². The second-order valence-corrected chi connectivity index (χ2v) is 6.37. The van der Waals surface area contributed by atoms with Crippen LogP contribution in [0.2, 0.25) is 0 Å². The molecule has 19 heavy (non-hydrogen) atoms. The maximum Gasteiger partial charge on any atom is 0.0688 e. The van der Waals surface area contributed by atoms with Crippen molar-refractivity contribution in [3.63, 3.8) is 0 Å². The van der Waals surface area contributed by atoms with Gasteiger partial charge in [0, 0.05) is 6.61 Å². The largest absolute Gasteiger partial charge is 0.375 e. The first-order valence-corrected chi connectivity index (χ1v) is 8.27. The monoisotopic (exact) mass is 265 g/mol. The van der Waals surface area contributed by atoms with Gasteiger partial charge in [0.1, 0.15) is 0 Å². The van der Waals surface area contributed by atoms with Crippen molar-refractivity contribution in [3.05, 3.63) is 11.6 Å². The van der Waals surface area contributed by atoms with Gasteiger partial charge in [0.05, 0.1) is 5.60 Å². The van der Waals surface area contributed by atoms with Gasteiger partial charge in [-0.15, -0.1) is 0 Å². The Bertz CT molecular complexity index is 286. The van der Waals surface area contributed by atoms with Gasteiger partial charge in [-0.05, 0) is 58.0 Å². The molecule has 1 spiro atoms. The van der Waals surface area contributed by atoms with Gasteiger partial charge < -0.3 is 10.1 Å². The Morgan fingerprint density at radius 3 is 2.84 bits per heavy atom. The van der Waals surface area contributed by atoms with Gasteiger partial charge in [0.15, 0.2) is 0 Å². The molecule has 1 saturated carbocycles. The van der Waals surface area contributed by atoms with Crippen LogP contribution in [-0.4, -0.2) is 25.3 Å². The second kappa shape index (κ2) is 7.44. The molecule has 2 fully saturated rings. The zero-order valence-corrected chi connectivity index (χ0v) is 12.8. The van der Waals surface area contributed by atoms with Gasteiger partial charge in [-0.2, -0.15) is 0 Å². The molecule has 1 saturated heterocycles. The fraction of sp³-hybridized carbons (Fsp3) is 0.882. The van der Waals surface area contributed by atoms with Crippen LogP contribution in [0.4, 0.5) is 0 Å². The lowest BCUT2D eigenvalue weighted by atomic mass is 9.74. The highest BCUT2D eigenvalue weighted by Gasteiger charge is 2.38. The quantitative estimate of drug-likeness (QED) is 0.598. The van der Waals surface area contributed by atoms with Crippen molar-refractivity contribution in [3.8, 4) is 0 Å². The van der Waals surface area contributed by atoms with E-state index >= 15 is 0 Å². The molecular formula is C17H31NO. The highest BCUT2D eigenvalue weighted by molar-refractivity contribution is 5.07. The third-order valence-corrected chi connectivity index (χ3v) is 4.94. The standard InChI is InChI=1S/C17H31NO/c1-3-18-12-7-8-15(2)16-9-13-19-17(14-16)10-5-4-6-11-17/h8,16,18H,3-7,9-14H2,1-2H3. The van der Waals surface area contributed by atoms with Gasteiger partial charge in [-0.25, -0.2) is 0 Å². The minimum atomic E-state index is 0.248. The molecule has 0 aromatic heterocycles. The predicted molar refractivity (Wildman–Crippen MR) is 81.4 cm³/mol. The minimum absolute atomic E-state index is 0.248. The Labute approximate surface area is 119 Å². The summed E-state index contributed by atoms with van der Waals surface area (Å²) in [4.78, 5) is 0. The summed E-state index contributed by atoms with van der Waals surface area (Å²) >= 11 is 0. The van der Waals surface area contributed by atoms with Crippen molar-refractivity contribution in [2.75, 3.05) is 19.7 Å². The topological polar surface area (TPSA) is 21.3 Å². The molecule has 0 radical (unpaired) electrons. The van der Waals surface area contributed by atoms with Crippen molar-refractivity contribution in [1.82, 2.24) is 5.32 Å². The molecule has 2 rings (SSSR count). The summed E-state index contributed by atoms with van der Waals surface area (Å²) in [6.07, 6.45) is 12.9. The Hall–Kier alpha value is -0.340. The lowest BCUT2D eigenvalue weighted by molar-refractivity contribution is -0.112. The SMILES string of the molecule is CCNCCC=C(C)C1CCOC2(CCCCC2)C1. The average Bonchev–Trinajstić information content (AvgIpc) is 2.44. The van der Waals surface area contributed by atoms with E-state index < -0.39 is 0 Å². The lowest BCUT2D eigenvalue weighted by Crippen LogP contribution is -2.41. The van der Waals surface area contributed by atoms with Gasteiger partial charge in [-0.3, -0.25) is 0 Å². The molecule has 1 aliphatic heterocycles. The van der Waals surface area contributed by atoms with E-state index in [1.54, 1.807) is 5.57 Å². The number of hydrogen-bond donors (Lipinski definition) is 1. The fourth-order valence-corrected chi connectivity index (χ4v) is 3.71. The van der Waals surface area contributed by atoms with Crippen molar-refractivity contribution in [2.45, 2.75) is 70.8 Å². The van der Waals surface area contributed by atoms with E-state index in [0.29, 0.717) is 0 Å². The molecule has 0 aromatic rings. The molecule has 2 heteroatoms. The van der Waals surface area contributed by atoms with Crippen molar-refractivity contribution in [1.29, 1.82) is 0 Å². The summed E-state index contributed by atoms with van der Waals surface area (Å²) in [5, 5.41) is 3.39. The minimum Gasteiger partial charge on any atom is -0.375 e. The zero-order chi connectivity index (χ0) is 13.6. The van der Waals surface area contributed by atoms with Crippen molar-refractivity contribution in [2.24, 2.45) is 5.92 Å². The first-order valence-electron chi connectivity index (χ1n) is 8.27. The molecular weight excluding hydrogens is 234 g/mol. The molecule has 1 heterocycles. The first-order chi connectivity index (χ1) is 9.26. The van der Waals surface area contributed by atoms with Crippen LogP contribution in [0.15, 0.2) is 11.6 Å². The van der Waals surface area contributed by atoms with E-state index in [4.69, 9.17) is 4.74 Å². The average molecular weight is 265 g/mol. The van der Waals surface area contributed by atoms with Crippen LogP contribution in [0.1, 0.15) is 65.2 Å². The Morgan fingerprint density at radius 2 is 2.11 bits per heavy atom. The van der Waals surface area contributed by atoms with Crippen LogP contribution in [0.25, 0.3) is 0 Å². The van der Waals surface area contributed by atoms with Gasteiger partial charge >= 0.3 is 0 Å². The Balaban J connectivity index is 1.85. The molecule has 0 amide bonds. The fourth-order valence-electron chi connectivity index (χ4n) is 3.71. The maximum atomic E-state index is 6.19. The van der Waals surface area contributed by atoms with Gasteiger partial charge in [0.25, 0.3) is 0 Å². The van der Waals surface area contributed by atoms with Crippen LogP contribution in [0.3, 0.4) is 0 Å². The highest BCUT2D eigenvalue weighted by atomic mass is 16.5. The van der Waals surface area contributed by atoms with E-state index in [1.165, 1.54) is 51.4 Å². The van der Waals surface area contributed by atoms with Crippen LogP contribution in [0.5, 0.6) is 0 Å². The number of rotatable bonds is 5. The number of hydrogen-bond acceptors (Lipinski definition) is 2. The molecule has 2 aliphatic rings. The van der Waals surface area contributed by atoms with E-state index in [0.717, 1.165) is 25.6 Å². The predicted octanol–water partition coefficient (Wildman–Crippen LogP) is 4.06. The van der Waals surface area contributed by atoms with E-state index in [-0.39, 0.29) is 5.60 Å². The van der Waals surface area contributed by atoms with Gasteiger partial charge in [-0.1, -0.05) is 37.8 Å². The summed E-state index contributed by atoms with van der Waals surface area (Å²) < 4.78 is 6.19. The maximum absolute atomic E-state index is 6.19. The van der Waals surface area contributed by atoms with Crippen molar-refractivity contribution >= 4 is 0 Å². The van der Waals surface area contributed by atoms with E-state index in [1.807, 2.05) is 0 Å². The summed E-state index contributed by atoms with van der Waals surface area (Å²) in [7, 11) is 0. The van der Waals surface area contributed by atoms with Crippen LogP contribution in [-0.2, 0) is 4.74 Å². The normalized spacial score (nSPS) is 27.7. The lowest BCUT2D eigenvalue weighted by Gasteiger charge is -2.44. The molecule has 1 aliphatic carbocycles. The Kier molecular flexibility index (Phi) is 5.90. The van der Waals surface area contributed by atoms with Crippen LogP contribution in [0, 0.1) is 5.92 Å². The highest BCUT2D eigenvalue weighted by Crippen LogP contribution is 2.42. The molecule has 2 nitrogen and oxygen atoms in total. The van der Waals surface area contributed by atoms with Crippen LogP contribution < -0.4 is 5.32 Å². The molecule has 0 aromatic carbocycles. The number of ether oxygens (including phenoxy) is 1. The summed E-state index contributed by atoms with van der Waals surface area (Å²) in [5.41, 5.74) is 1.85. The molecule has 110 valence electrons. The molecule has 1 atom stereocenters. The summed E-state index contributed by atoms with van der Waals surface area (Å²) in [6.45, 7) is 7.67. The third-order valence-electron chi connectivity index (χ3n) is 4.94. The second-order valence-electron chi connectivity index (χ2n) is 6.37. The molecule has 1 unspecified atom stereocenters. The summed E-state index contributed by atoms with van der Waals surface area (Å²) in [6, 6.07) is 0. The smallest absolute Gasteiger partial charge is 0.0688 e. The number of allylic oxidation sites excluding steroid dienone is 1. The van der Waals surface area contributed by atoms with E-state index in [9.17, 15) is 0 Å². The van der Waals surface area contributed by atoms with Crippen LogP contribution >= 0.6 is 0 Å². The summed E-state index contributed by atoms with van der Waals surface area (Å²) in [5.74, 6) is 0.772. The third kappa shape index (κ3) is 4.32. The molecule has 1 N–H and O–H groups in total. The zero-order valence-electron chi connectivity index (χ0n) is 12.8. The van der Waals surface area contributed by atoms with Gasteiger partial charge in [0.2, 0.25) is 0 Å². The number of nitrogens with one attached hydrogen (secondary N) is 1. The molecule has 0 bridgehead atoms.